The fourth-order valence-corrected chi connectivity index (χ4v) is 4.25. The molecule has 5 nitrogen and oxygen atoms in total. The summed E-state index contributed by atoms with van der Waals surface area (Å²) in [6, 6.07) is 7.73. The molecule has 2 bridgehead atoms. The van der Waals surface area contributed by atoms with E-state index < -0.39 is 0 Å². The molecule has 0 aliphatic carbocycles. The van der Waals surface area contributed by atoms with Crippen LogP contribution in [0.1, 0.15) is 28.1 Å². The molecule has 0 radical (unpaired) electrons. The van der Waals surface area contributed by atoms with Crippen molar-refractivity contribution in [2.75, 3.05) is 19.6 Å². The lowest BCUT2D eigenvalue weighted by Crippen LogP contribution is -2.57. The van der Waals surface area contributed by atoms with Crippen molar-refractivity contribution in [3.8, 4) is 10.9 Å². The SMILES string of the molecule is Cc1ccc(Oc2ccc(C(=O)N[C@H]3CN4CCC3CC4)s2)nc1. The molecule has 6 heteroatoms. The molecule has 3 saturated heterocycles. The molecule has 0 spiro atoms. The van der Waals surface area contributed by atoms with Gasteiger partial charge in [0.25, 0.3) is 5.91 Å². The van der Waals surface area contributed by atoms with Gasteiger partial charge in [0.05, 0.1) is 4.88 Å². The zero-order valence-corrected chi connectivity index (χ0v) is 14.5. The lowest BCUT2D eigenvalue weighted by atomic mass is 9.84. The molecular weight excluding hydrogens is 322 g/mol. The molecule has 24 heavy (non-hydrogen) atoms. The normalized spacial score (nSPS) is 25.5. The van der Waals surface area contributed by atoms with Crippen LogP contribution in [-0.2, 0) is 0 Å². The topological polar surface area (TPSA) is 54.5 Å². The van der Waals surface area contributed by atoms with Crippen LogP contribution < -0.4 is 10.1 Å². The number of hydrogen-bond donors (Lipinski definition) is 1. The molecule has 1 atom stereocenters. The van der Waals surface area contributed by atoms with Crippen LogP contribution in [0, 0.1) is 12.8 Å². The quantitative estimate of drug-likeness (QED) is 0.927. The standard InChI is InChI=1S/C18H21N3O2S/c1-12-2-4-16(19-10-12)23-17-5-3-15(24-17)18(22)20-14-11-21-8-6-13(14)7-9-21/h2-5,10,13-14H,6-9,11H2,1H3,(H,20,22)/t14-/m0/s1. The maximum atomic E-state index is 12.5. The number of carbonyl (C=O) groups excluding carboxylic acids is 1. The van der Waals surface area contributed by atoms with Crippen LogP contribution in [0.25, 0.3) is 0 Å². The number of piperidine rings is 3. The monoisotopic (exact) mass is 343 g/mol. The number of rotatable bonds is 4. The van der Waals surface area contributed by atoms with Gasteiger partial charge in [-0.2, -0.15) is 0 Å². The summed E-state index contributed by atoms with van der Waals surface area (Å²) in [7, 11) is 0. The second kappa shape index (κ2) is 6.53. The summed E-state index contributed by atoms with van der Waals surface area (Å²) in [6.45, 7) is 5.33. The van der Waals surface area contributed by atoms with E-state index in [1.54, 1.807) is 6.20 Å². The average molecular weight is 343 g/mol. The molecule has 3 aliphatic rings. The van der Waals surface area contributed by atoms with Gasteiger partial charge in [0.2, 0.25) is 5.88 Å². The molecule has 0 aromatic carbocycles. The number of amides is 1. The molecule has 2 aromatic heterocycles. The minimum Gasteiger partial charge on any atom is -0.428 e. The average Bonchev–Trinajstić information content (AvgIpc) is 3.07. The Bertz CT molecular complexity index is 720. The summed E-state index contributed by atoms with van der Waals surface area (Å²) in [4.78, 5) is 19.9. The van der Waals surface area contributed by atoms with E-state index in [0.717, 1.165) is 12.1 Å². The van der Waals surface area contributed by atoms with Gasteiger partial charge in [0.1, 0.15) is 0 Å². The second-order valence-electron chi connectivity index (χ2n) is 6.61. The van der Waals surface area contributed by atoms with Crippen LogP contribution in [-0.4, -0.2) is 41.5 Å². The smallest absolute Gasteiger partial charge is 0.261 e. The first-order valence-corrected chi connectivity index (χ1v) is 9.22. The minimum atomic E-state index is 0.00506. The number of ether oxygens (including phenoxy) is 1. The van der Waals surface area contributed by atoms with E-state index in [0.29, 0.717) is 21.7 Å². The molecule has 2 aromatic rings. The molecular formula is C18H21N3O2S. The third-order valence-corrected chi connectivity index (χ3v) is 5.83. The highest BCUT2D eigenvalue weighted by Crippen LogP contribution is 2.30. The molecule has 0 unspecified atom stereocenters. The van der Waals surface area contributed by atoms with Crippen molar-refractivity contribution >= 4 is 17.2 Å². The van der Waals surface area contributed by atoms with E-state index in [-0.39, 0.29) is 11.9 Å². The van der Waals surface area contributed by atoms with Gasteiger partial charge >= 0.3 is 0 Å². The number of aryl methyl sites for hydroxylation is 1. The highest BCUT2D eigenvalue weighted by Gasteiger charge is 2.35. The van der Waals surface area contributed by atoms with Crippen molar-refractivity contribution in [2.24, 2.45) is 5.92 Å². The van der Waals surface area contributed by atoms with Crippen molar-refractivity contribution in [3.63, 3.8) is 0 Å². The summed E-state index contributed by atoms with van der Waals surface area (Å²) in [5, 5.41) is 3.90. The van der Waals surface area contributed by atoms with Gasteiger partial charge < -0.3 is 15.0 Å². The molecule has 1 N–H and O–H groups in total. The Hall–Kier alpha value is -1.92. The first-order valence-electron chi connectivity index (χ1n) is 8.41. The van der Waals surface area contributed by atoms with Gasteiger partial charge in [-0.3, -0.25) is 4.79 Å². The third kappa shape index (κ3) is 3.30. The third-order valence-electron chi connectivity index (χ3n) is 4.87. The van der Waals surface area contributed by atoms with Gasteiger partial charge in [0.15, 0.2) is 5.06 Å². The molecule has 5 heterocycles. The van der Waals surface area contributed by atoms with E-state index in [1.165, 1.54) is 37.3 Å². The first-order chi connectivity index (χ1) is 11.7. The fraction of sp³-hybridized carbons (Fsp3) is 0.444. The lowest BCUT2D eigenvalue weighted by Gasteiger charge is -2.44. The number of nitrogens with zero attached hydrogens (tertiary/aromatic N) is 2. The minimum absolute atomic E-state index is 0.00506. The van der Waals surface area contributed by atoms with Crippen LogP contribution in [0.5, 0.6) is 10.9 Å². The summed E-state index contributed by atoms with van der Waals surface area (Å²) < 4.78 is 5.72. The number of fused-ring (bicyclic) bond motifs is 3. The Morgan fingerprint density at radius 2 is 2.12 bits per heavy atom. The van der Waals surface area contributed by atoms with Crippen LogP contribution in [0.4, 0.5) is 0 Å². The molecule has 1 amide bonds. The van der Waals surface area contributed by atoms with Crippen molar-refractivity contribution in [2.45, 2.75) is 25.8 Å². The van der Waals surface area contributed by atoms with Crippen LogP contribution >= 0.6 is 11.3 Å². The van der Waals surface area contributed by atoms with Crippen molar-refractivity contribution in [1.82, 2.24) is 15.2 Å². The Morgan fingerprint density at radius 1 is 1.29 bits per heavy atom. The van der Waals surface area contributed by atoms with Gasteiger partial charge in [-0.15, -0.1) is 0 Å². The van der Waals surface area contributed by atoms with Gasteiger partial charge in [-0.05, 0) is 56.5 Å². The predicted molar refractivity (Wildman–Crippen MR) is 93.8 cm³/mol. The van der Waals surface area contributed by atoms with E-state index in [1.807, 2.05) is 31.2 Å². The summed E-state index contributed by atoms with van der Waals surface area (Å²) in [5.74, 6) is 1.18. The number of thiophene rings is 1. The second-order valence-corrected chi connectivity index (χ2v) is 7.66. The van der Waals surface area contributed by atoms with Crippen LogP contribution in [0.2, 0.25) is 0 Å². The molecule has 0 saturated carbocycles. The highest BCUT2D eigenvalue weighted by molar-refractivity contribution is 7.15. The molecule has 126 valence electrons. The van der Waals surface area contributed by atoms with Gasteiger partial charge in [-0.1, -0.05) is 17.4 Å². The number of hydrogen-bond acceptors (Lipinski definition) is 5. The summed E-state index contributed by atoms with van der Waals surface area (Å²) in [6.07, 6.45) is 4.16. The Balaban J connectivity index is 1.39. The number of pyridine rings is 1. The van der Waals surface area contributed by atoms with Crippen molar-refractivity contribution in [3.05, 3.63) is 40.9 Å². The van der Waals surface area contributed by atoms with Gasteiger partial charge in [0, 0.05) is 24.8 Å². The number of nitrogens with one attached hydrogen (secondary N) is 1. The van der Waals surface area contributed by atoms with Crippen molar-refractivity contribution < 1.29 is 9.53 Å². The Morgan fingerprint density at radius 3 is 2.79 bits per heavy atom. The predicted octanol–water partition coefficient (Wildman–Crippen LogP) is 3.07. The molecule has 3 fully saturated rings. The number of carbonyl (C=O) groups is 1. The van der Waals surface area contributed by atoms with E-state index >= 15 is 0 Å². The zero-order valence-electron chi connectivity index (χ0n) is 13.7. The zero-order chi connectivity index (χ0) is 16.5. The van der Waals surface area contributed by atoms with Crippen molar-refractivity contribution in [1.29, 1.82) is 0 Å². The lowest BCUT2D eigenvalue weighted by molar-refractivity contribution is 0.0622. The summed E-state index contributed by atoms with van der Waals surface area (Å²) in [5.41, 5.74) is 1.09. The van der Waals surface area contributed by atoms with Crippen LogP contribution in [0.3, 0.4) is 0 Å². The fourth-order valence-electron chi connectivity index (χ4n) is 3.48. The molecule has 5 rings (SSSR count). The largest absolute Gasteiger partial charge is 0.428 e. The van der Waals surface area contributed by atoms with Gasteiger partial charge in [-0.25, -0.2) is 4.98 Å². The highest BCUT2D eigenvalue weighted by atomic mass is 32.1. The maximum Gasteiger partial charge on any atom is 0.261 e. The van der Waals surface area contributed by atoms with E-state index in [4.69, 9.17) is 4.74 Å². The Labute approximate surface area is 145 Å². The number of aromatic nitrogens is 1. The first kappa shape index (κ1) is 15.6. The van der Waals surface area contributed by atoms with Crippen LogP contribution in [0.15, 0.2) is 30.5 Å². The summed E-state index contributed by atoms with van der Waals surface area (Å²) >= 11 is 1.36. The van der Waals surface area contributed by atoms with E-state index in [9.17, 15) is 4.79 Å². The Kier molecular flexibility index (Phi) is 4.24. The van der Waals surface area contributed by atoms with E-state index in [2.05, 4.69) is 15.2 Å². The maximum absolute atomic E-state index is 12.5. The molecule has 3 aliphatic heterocycles.